The van der Waals surface area contributed by atoms with Crippen molar-refractivity contribution in [3.63, 3.8) is 0 Å². The van der Waals surface area contributed by atoms with E-state index < -0.39 is 18.6 Å². The number of aliphatic hydroxyl groups is 1. The lowest BCUT2D eigenvalue weighted by molar-refractivity contribution is -0.142. The number of alkyl halides is 1. The van der Waals surface area contributed by atoms with Crippen LogP contribution in [-0.4, -0.2) is 59.6 Å². The van der Waals surface area contributed by atoms with Crippen molar-refractivity contribution in [2.45, 2.75) is 84.5 Å². The SMILES string of the molecule is CC.CN(CCCCC[C@@H]1c2ccc(O)cc2OC[C@]1(C)C1C=CC(O)=CC1)CCCC(CCCF)C(=O)O. The molecule has 0 spiro atoms. The highest BCUT2D eigenvalue weighted by atomic mass is 19.1. The summed E-state index contributed by atoms with van der Waals surface area (Å²) in [5, 5.41) is 29.1. The van der Waals surface area contributed by atoms with Gasteiger partial charge in [0.2, 0.25) is 0 Å². The molecular formula is C32H50FNO5. The maximum Gasteiger partial charge on any atom is 0.306 e. The summed E-state index contributed by atoms with van der Waals surface area (Å²) >= 11 is 0. The van der Waals surface area contributed by atoms with E-state index in [1.165, 1.54) is 0 Å². The number of carboxylic acid groups (broad SMARTS) is 1. The molecule has 1 aliphatic carbocycles. The van der Waals surface area contributed by atoms with Crippen LogP contribution in [0.2, 0.25) is 0 Å². The van der Waals surface area contributed by atoms with Gasteiger partial charge in [-0.05, 0) is 101 Å². The number of unbranched alkanes of at least 4 members (excludes halogenated alkanes) is 2. The van der Waals surface area contributed by atoms with Crippen LogP contribution in [-0.2, 0) is 4.79 Å². The van der Waals surface area contributed by atoms with Crippen molar-refractivity contribution in [1.82, 2.24) is 4.90 Å². The fourth-order valence-electron chi connectivity index (χ4n) is 5.92. The summed E-state index contributed by atoms with van der Waals surface area (Å²) in [6.07, 6.45) is 13.0. The van der Waals surface area contributed by atoms with E-state index in [0.717, 1.165) is 62.9 Å². The number of benzene rings is 1. The van der Waals surface area contributed by atoms with Gasteiger partial charge in [0.05, 0.1) is 19.2 Å². The molecule has 6 nitrogen and oxygen atoms in total. The van der Waals surface area contributed by atoms with Crippen molar-refractivity contribution in [2.24, 2.45) is 17.3 Å². The highest BCUT2D eigenvalue weighted by molar-refractivity contribution is 5.69. The minimum atomic E-state index is -0.815. The number of carboxylic acids is 1. The average Bonchev–Trinajstić information content (AvgIpc) is 2.92. The second kappa shape index (κ2) is 16.5. The Bertz CT molecular complexity index is 948. The number of aliphatic hydroxyl groups excluding tert-OH is 1. The molecule has 3 N–H and O–H groups in total. The van der Waals surface area contributed by atoms with Gasteiger partial charge in [-0.25, -0.2) is 0 Å². The Morgan fingerprint density at radius 2 is 1.85 bits per heavy atom. The fraction of sp³-hybridized carbons (Fsp3) is 0.656. The van der Waals surface area contributed by atoms with Gasteiger partial charge >= 0.3 is 5.97 Å². The quantitative estimate of drug-likeness (QED) is 0.196. The van der Waals surface area contributed by atoms with Gasteiger partial charge in [-0.1, -0.05) is 45.8 Å². The number of hydrogen-bond acceptors (Lipinski definition) is 5. The largest absolute Gasteiger partial charge is 0.508 e. The van der Waals surface area contributed by atoms with Gasteiger partial charge in [0, 0.05) is 11.5 Å². The summed E-state index contributed by atoms with van der Waals surface area (Å²) in [6, 6.07) is 5.45. The minimum absolute atomic E-state index is 0.114. The Hall–Kier alpha value is -2.54. The van der Waals surface area contributed by atoms with Crippen LogP contribution < -0.4 is 4.74 Å². The number of ether oxygens (including phenoxy) is 1. The van der Waals surface area contributed by atoms with Crippen LogP contribution in [0.3, 0.4) is 0 Å². The van der Waals surface area contributed by atoms with Crippen LogP contribution in [0.25, 0.3) is 0 Å². The molecule has 2 aliphatic rings. The van der Waals surface area contributed by atoms with Gasteiger partial charge in [-0.2, -0.15) is 0 Å². The third kappa shape index (κ3) is 9.55. The first-order chi connectivity index (χ1) is 18.7. The van der Waals surface area contributed by atoms with E-state index in [-0.39, 0.29) is 23.0 Å². The standard InChI is InChI=1S/C30H44FNO5.C2H6/c1-30(23-11-13-24(33)14-12-23)21-37-28-20-25(34)15-16-26(28)27(30)10-4-3-5-18-32(2)19-7-9-22(29(35)36)8-6-17-31;1-2/h11,13-16,20,22-23,27,33-34H,3-10,12,17-19,21H2,1-2H3,(H,35,36);1-2H3/t22?,23?,27-,30-;/m1./s1. The topological polar surface area (TPSA) is 90.2 Å². The Labute approximate surface area is 234 Å². The number of fused-ring (bicyclic) bond motifs is 1. The number of phenolic OH excluding ortho intramolecular Hbond substituents is 1. The summed E-state index contributed by atoms with van der Waals surface area (Å²) in [5.41, 5.74) is 1.04. The predicted octanol–water partition coefficient (Wildman–Crippen LogP) is 7.64. The monoisotopic (exact) mass is 547 g/mol. The third-order valence-corrected chi connectivity index (χ3v) is 8.30. The molecule has 0 saturated heterocycles. The molecule has 39 heavy (non-hydrogen) atoms. The van der Waals surface area contributed by atoms with Crippen molar-refractivity contribution in [2.75, 3.05) is 33.4 Å². The zero-order valence-corrected chi connectivity index (χ0v) is 24.4. The predicted molar refractivity (Wildman–Crippen MR) is 155 cm³/mol. The number of nitrogens with zero attached hydrogens (tertiary/aromatic N) is 1. The molecule has 3 rings (SSSR count). The maximum absolute atomic E-state index is 12.4. The zero-order chi connectivity index (χ0) is 28.8. The van der Waals surface area contributed by atoms with Gasteiger partial charge in [-0.3, -0.25) is 9.18 Å². The van der Waals surface area contributed by atoms with Crippen molar-refractivity contribution in [1.29, 1.82) is 0 Å². The van der Waals surface area contributed by atoms with Crippen LogP contribution >= 0.6 is 0 Å². The number of aromatic hydroxyl groups is 1. The highest BCUT2D eigenvalue weighted by Crippen LogP contribution is 2.53. The molecule has 220 valence electrons. The Kier molecular flexibility index (Phi) is 13.9. The number of rotatable bonds is 15. The van der Waals surface area contributed by atoms with E-state index >= 15 is 0 Å². The smallest absolute Gasteiger partial charge is 0.306 e. The second-order valence-electron chi connectivity index (χ2n) is 11.1. The Morgan fingerprint density at radius 3 is 2.51 bits per heavy atom. The molecule has 1 aliphatic heterocycles. The van der Waals surface area contributed by atoms with Crippen molar-refractivity contribution < 1.29 is 29.2 Å². The van der Waals surface area contributed by atoms with E-state index in [9.17, 15) is 24.5 Å². The van der Waals surface area contributed by atoms with Crippen LogP contribution in [0, 0.1) is 17.3 Å². The summed E-state index contributed by atoms with van der Waals surface area (Å²) in [5.74, 6) is 0.598. The normalized spacial score (nSPS) is 22.8. The molecule has 1 aromatic carbocycles. The first-order valence-electron chi connectivity index (χ1n) is 14.7. The molecule has 0 fully saturated rings. The van der Waals surface area contributed by atoms with Crippen LogP contribution in [0.5, 0.6) is 11.5 Å². The zero-order valence-electron chi connectivity index (χ0n) is 24.4. The maximum atomic E-state index is 12.4. The van der Waals surface area contributed by atoms with Crippen LogP contribution in [0.1, 0.15) is 90.0 Å². The lowest BCUT2D eigenvalue weighted by Gasteiger charge is -2.47. The number of phenols is 1. The summed E-state index contributed by atoms with van der Waals surface area (Å²) < 4.78 is 18.5. The first kappa shape index (κ1) is 32.7. The van der Waals surface area contributed by atoms with Gasteiger partial charge in [0.15, 0.2) is 0 Å². The van der Waals surface area contributed by atoms with E-state index in [4.69, 9.17) is 4.74 Å². The average molecular weight is 548 g/mol. The second-order valence-corrected chi connectivity index (χ2v) is 11.1. The lowest BCUT2D eigenvalue weighted by atomic mass is 9.61. The molecule has 1 aromatic rings. The van der Waals surface area contributed by atoms with Gasteiger partial charge in [0.25, 0.3) is 0 Å². The van der Waals surface area contributed by atoms with Crippen molar-refractivity contribution in [3.05, 3.63) is 47.7 Å². The molecule has 4 atom stereocenters. The Morgan fingerprint density at radius 1 is 1.13 bits per heavy atom. The number of aliphatic carboxylic acids is 1. The van der Waals surface area contributed by atoms with E-state index in [1.54, 1.807) is 18.2 Å². The fourth-order valence-corrected chi connectivity index (χ4v) is 5.92. The van der Waals surface area contributed by atoms with Gasteiger partial charge < -0.3 is 25.0 Å². The highest BCUT2D eigenvalue weighted by Gasteiger charge is 2.45. The number of halogens is 1. The van der Waals surface area contributed by atoms with Gasteiger partial charge in [-0.15, -0.1) is 0 Å². The molecule has 0 aromatic heterocycles. The molecular weight excluding hydrogens is 497 g/mol. The summed E-state index contributed by atoms with van der Waals surface area (Å²) in [7, 11) is 2.08. The van der Waals surface area contributed by atoms with Crippen LogP contribution in [0.15, 0.2) is 42.2 Å². The molecule has 0 radical (unpaired) electrons. The van der Waals surface area contributed by atoms with Crippen LogP contribution in [0.4, 0.5) is 4.39 Å². The third-order valence-electron chi connectivity index (χ3n) is 8.30. The molecule has 0 bridgehead atoms. The van der Waals surface area contributed by atoms with E-state index in [1.807, 2.05) is 26.0 Å². The first-order valence-corrected chi connectivity index (χ1v) is 14.7. The number of allylic oxidation sites excluding steroid dienone is 3. The molecule has 7 heteroatoms. The summed E-state index contributed by atoms with van der Waals surface area (Å²) in [6.45, 7) is 8.21. The van der Waals surface area contributed by atoms with E-state index in [0.29, 0.717) is 31.6 Å². The molecule has 0 saturated carbocycles. The van der Waals surface area contributed by atoms with Crippen molar-refractivity contribution in [3.8, 4) is 11.5 Å². The number of carbonyl (C=O) groups is 1. The van der Waals surface area contributed by atoms with E-state index in [2.05, 4.69) is 24.9 Å². The molecule has 1 heterocycles. The summed E-state index contributed by atoms with van der Waals surface area (Å²) in [4.78, 5) is 13.6. The van der Waals surface area contributed by atoms with Gasteiger partial charge in [0.1, 0.15) is 17.3 Å². The number of hydrogen-bond donors (Lipinski definition) is 3. The lowest BCUT2D eigenvalue weighted by Crippen LogP contribution is -2.42. The van der Waals surface area contributed by atoms with Crippen molar-refractivity contribution >= 4 is 5.97 Å². The molecule has 0 amide bonds. The minimum Gasteiger partial charge on any atom is -0.508 e. The Balaban J connectivity index is 0.00000260. The molecule has 2 unspecified atom stereocenters.